The van der Waals surface area contributed by atoms with Crippen molar-refractivity contribution in [1.82, 2.24) is 5.32 Å². The number of rotatable bonds is 4. The molecule has 1 aromatic rings. The maximum absolute atomic E-state index is 13.0. The summed E-state index contributed by atoms with van der Waals surface area (Å²) in [4.78, 5) is 13.6. The number of nitrogens with one attached hydrogen (secondary N) is 1. The van der Waals surface area contributed by atoms with Crippen molar-refractivity contribution in [1.29, 1.82) is 0 Å². The third-order valence-electron chi connectivity index (χ3n) is 5.92. The molecule has 0 saturated heterocycles. The van der Waals surface area contributed by atoms with Gasteiger partial charge >= 0.3 is 0 Å². The standard InChI is InChI=1S/C19H24FNOS/c1-12(23-17-4-2-16(20)3-5-17)18(22)21-19-9-13-6-14(10-19)8-15(7-13)11-19/h2-5,12-15H,6-11H2,1H3,(H,21,22). The molecule has 1 atom stereocenters. The topological polar surface area (TPSA) is 29.1 Å². The SMILES string of the molecule is CC(Sc1ccc(F)cc1)C(=O)NC12CC3CC(CC(C3)C1)C2. The van der Waals surface area contributed by atoms with Gasteiger partial charge in [-0.3, -0.25) is 4.79 Å². The van der Waals surface area contributed by atoms with E-state index >= 15 is 0 Å². The molecule has 124 valence electrons. The summed E-state index contributed by atoms with van der Waals surface area (Å²) in [5.74, 6) is 2.41. The summed E-state index contributed by atoms with van der Waals surface area (Å²) in [6, 6.07) is 6.39. The third-order valence-corrected chi connectivity index (χ3v) is 7.03. The number of benzene rings is 1. The Morgan fingerprint density at radius 2 is 1.65 bits per heavy atom. The molecule has 4 bridgehead atoms. The van der Waals surface area contributed by atoms with Gasteiger partial charge in [-0.25, -0.2) is 4.39 Å². The summed E-state index contributed by atoms with van der Waals surface area (Å²) in [7, 11) is 0. The summed E-state index contributed by atoms with van der Waals surface area (Å²) >= 11 is 1.51. The van der Waals surface area contributed by atoms with Crippen LogP contribution in [0.5, 0.6) is 0 Å². The minimum atomic E-state index is -0.236. The molecule has 4 aliphatic carbocycles. The molecule has 0 heterocycles. The van der Waals surface area contributed by atoms with Gasteiger partial charge in [-0.15, -0.1) is 11.8 Å². The highest BCUT2D eigenvalue weighted by Gasteiger charge is 2.51. The predicted octanol–water partition coefficient (Wildman–Crippen LogP) is 4.39. The Kier molecular flexibility index (Phi) is 3.91. The number of halogens is 1. The molecule has 1 N–H and O–H groups in total. The Hall–Kier alpha value is -1.03. The van der Waals surface area contributed by atoms with Crippen LogP contribution in [0.3, 0.4) is 0 Å². The van der Waals surface area contributed by atoms with Gasteiger partial charge < -0.3 is 5.32 Å². The molecule has 0 aromatic heterocycles. The minimum Gasteiger partial charge on any atom is -0.350 e. The van der Waals surface area contributed by atoms with Gasteiger partial charge in [0.25, 0.3) is 0 Å². The average molecular weight is 333 g/mol. The van der Waals surface area contributed by atoms with Crippen LogP contribution in [0.4, 0.5) is 4.39 Å². The summed E-state index contributed by atoms with van der Waals surface area (Å²) in [6.45, 7) is 1.95. The number of hydrogen-bond donors (Lipinski definition) is 1. The highest BCUT2D eigenvalue weighted by Crippen LogP contribution is 2.55. The lowest BCUT2D eigenvalue weighted by Crippen LogP contribution is -2.60. The highest BCUT2D eigenvalue weighted by atomic mass is 32.2. The lowest BCUT2D eigenvalue weighted by Gasteiger charge is -2.57. The van der Waals surface area contributed by atoms with Crippen LogP contribution in [-0.4, -0.2) is 16.7 Å². The summed E-state index contributed by atoms with van der Waals surface area (Å²) in [5, 5.41) is 3.28. The van der Waals surface area contributed by atoms with E-state index in [1.165, 1.54) is 62.4 Å². The summed E-state index contributed by atoms with van der Waals surface area (Å²) in [5.41, 5.74) is 0.0729. The second-order valence-corrected chi connectivity index (χ2v) is 9.32. The van der Waals surface area contributed by atoms with Crippen LogP contribution in [0.15, 0.2) is 29.2 Å². The van der Waals surface area contributed by atoms with Gasteiger partial charge in [-0.2, -0.15) is 0 Å². The van der Waals surface area contributed by atoms with E-state index in [-0.39, 0.29) is 22.5 Å². The van der Waals surface area contributed by atoms with E-state index in [0.29, 0.717) is 0 Å². The first-order chi connectivity index (χ1) is 11.0. The average Bonchev–Trinajstić information content (AvgIpc) is 2.47. The van der Waals surface area contributed by atoms with Crippen LogP contribution in [0.25, 0.3) is 0 Å². The first-order valence-corrected chi connectivity index (χ1v) is 9.63. The molecule has 23 heavy (non-hydrogen) atoms. The normalized spacial score (nSPS) is 36.0. The Morgan fingerprint density at radius 3 is 2.17 bits per heavy atom. The van der Waals surface area contributed by atoms with Gasteiger partial charge in [0, 0.05) is 10.4 Å². The second-order valence-electron chi connectivity index (χ2n) is 7.90. The van der Waals surface area contributed by atoms with Crippen LogP contribution in [-0.2, 0) is 4.79 Å². The molecule has 1 unspecified atom stereocenters. The molecule has 4 fully saturated rings. The van der Waals surface area contributed by atoms with Crippen LogP contribution in [0, 0.1) is 23.6 Å². The van der Waals surface area contributed by atoms with E-state index in [9.17, 15) is 9.18 Å². The van der Waals surface area contributed by atoms with Gasteiger partial charge in [0.2, 0.25) is 5.91 Å². The largest absolute Gasteiger partial charge is 0.350 e. The molecule has 0 aliphatic heterocycles. The fourth-order valence-corrected chi connectivity index (χ4v) is 6.26. The zero-order chi connectivity index (χ0) is 16.0. The Bertz CT molecular complexity index is 565. The predicted molar refractivity (Wildman–Crippen MR) is 90.8 cm³/mol. The zero-order valence-corrected chi connectivity index (χ0v) is 14.4. The minimum absolute atomic E-state index is 0.0729. The van der Waals surface area contributed by atoms with Crippen LogP contribution in [0.2, 0.25) is 0 Å². The lowest BCUT2D eigenvalue weighted by atomic mass is 9.53. The smallest absolute Gasteiger partial charge is 0.233 e. The Morgan fingerprint density at radius 1 is 1.13 bits per heavy atom. The fraction of sp³-hybridized carbons (Fsp3) is 0.632. The van der Waals surface area contributed by atoms with Crippen molar-refractivity contribution in [2.24, 2.45) is 17.8 Å². The van der Waals surface area contributed by atoms with Crippen molar-refractivity contribution in [2.45, 2.75) is 61.1 Å². The molecule has 1 aromatic carbocycles. The lowest BCUT2D eigenvalue weighted by molar-refractivity contribution is -0.126. The van der Waals surface area contributed by atoms with Gasteiger partial charge in [0.1, 0.15) is 5.82 Å². The van der Waals surface area contributed by atoms with E-state index in [1.807, 2.05) is 6.92 Å². The molecule has 4 saturated carbocycles. The summed E-state index contributed by atoms with van der Waals surface area (Å²) in [6.07, 6.45) is 7.69. The maximum atomic E-state index is 13.0. The van der Waals surface area contributed by atoms with Crippen molar-refractivity contribution >= 4 is 17.7 Å². The van der Waals surface area contributed by atoms with Crippen molar-refractivity contribution in [2.75, 3.05) is 0 Å². The first-order valence-electron chi connectivity index (χ1n) is 8.76. The van der Waals surface area contributed by atoms with E-state index in [2.05, 4.69) is 5.32 Å². The number of hydrogen-bond acceptors (Lipinski definition) is 2. The van der Waals surface area contributed by atoms with Gasteiger partial charge in [0.15, 0.2) is 0 Å². The monoisotopic (exact) mass is 333 g/mol. The van der Waals surface area contributed by atoms with Gasteiger partial charge in [0.05, 0.1) is 5.25 Å². The molecule has 2 nitrogen and oxygen atoms in total. The maximum Gasteiger partial charge on any atom is 0.233 e. The number of amides is 1. The number of carbonyl (C=O) groups excluding carboxylic acids is 1. The zero-order valence-electron chi connectivity index (χ0n) is 13.6. The molecule has 1 amide bonds. The number of thioether (sulfide) groups is 1. The molecule has 0 spiro atoms. The van der Waals surface area contributed by atoms with E-state index in [1.54, 1.807) is 12.1 Å². The molecular formula is C19H24FNOS. The molecular weight excluding hydrogens is 309 g/mol. The van der Waals surface area contributed by atoms with Crippen molar-refractivity contribution in [3.05, 3.63) is 30.1 Å². The molecule has 5 rings (SSSR count). The van der Waals surface area contributed by atoms with Crippen molar-refractivity contribution in [3.8, 4) is 0 Å². The van der Waals surface area contributed by atoms with Crippen molar-refractivity contribution in [3.63, 3.8) is 0 Å². The first kappa shape index (κ1) is 15.5. The van der Waals surface area contributed by atoms with Crippen LogP contribution in [0.1, 0.15) is 45.4 Å². The molecule has 4 aliphatic rings. The van der Waals surface area contributed by atoms with E-state index < -0.39 is 0 Å². The van der Waals surface area contributed by atoms with Crippen LogP contribution >= 0.6 is 11.8 Å². The summed E-state index contributed by atoms with van der Waals surface area (Å²) < 4.78 is 13.0. The Labute approximate surface area is 141 Å². The Balaban J connectivity index is 1.40. The van der Waals surface area contributed by atoms with Crippen LogP contribution < -0.4 is 5.32 Å². The van der Waals surface area contributed by atoms with E-state index in [4.69, 9.17) is 0 Å². The molecule has 0 radical (unpaired) electrons. The fourth-order valence-electron chi connectivity index (χ4n) is 5.40. The van der Waals surface area contributed by atoms with Gasteiger partial charge in [-0.1, -0.05) is 0 Å². The number of carbonyl (C=O) groups is 1. The van der Waals surface area contributed by atoms with E-state index in [0.717, 1.165) is 22.6 Å². The van der Waals surface area contributed by atoms with Crippen molar-refractivity contribution < 1.29 is 9.18 Å². The second kappa shape index (κ2) is 5.80. The highest BCUT2D eigenvalue weighted by molar-refractivity contribution is 8.00. The quantitative estimate of drug-likeness (QED) is 0.828. The third kappa shape index (κ3) is 3.15. The van der Waals surface area contributed by atoms with Gasteiger partial charge in [-0.05, 0) is 87.5 Å². The molecule has 4 heteroatoms.